The van der Waals surface area contributed by atoms with E-state index in [1.807, 2.05) is 0 Å². The number of aliphatic carboxylic acids is 1. The van der Waals surface area contributed by atoms with E-state index in [1.165, 1.54) is 0 Å². The molecular formula is C3H4F3NO3. The molecule has 0 unspecified atom stereocenters. The molecule has 0 bridgehead atoms. The Morgan fingerprint density at radius 2 is 1.60 bits per heavy atom. The number of carbonyl (C=O) groups excluding carboxylic acids is 1. The van der Waals surface area contributed by atoms with E-state index in [4.69, 9.17) is 14.7 Å². The molecule has 0 aromatic heterocycles. The van der Waals surface area contributed by atoms with E-state index in [0.29, 0.717) is 0 Å². The second-order valence-electron chi connectivity index (χ2n) is 0.939. The molecule has 0 aromatic carbocycles. The summed E-state index contributed by atoms with van der Waals surface area (Å²) in [5.74, 6) is -2.76. The summed E-state index contributed by atoms with van der Waals surface area (Å²) in [7, 11) is 0. The van der Waals surface area contributed by atoms with Gasteiger partial charge in [-0.25, -0.2) is 4.79 Å². The van der Waals surface area contributed by atoms with Crippen LogP contribution in [0.4, 0.5) is 13.2 Å². The molecule has 0 fully saturated rings. The van der Waals surface area contributed by atoms with Gasteiger partial charge in [-0.1, -0.05) is 0 Å². The van der Waals surface area contributed by atoms with Crippen LogP contribution in [-0.4, -0.2) is 23.7 Å². The highest BCUT2D eigenvalue weighted by molar-refractivity contribution is 5.73. The van der Waals surface area contributed by atoms with Gasteiger partial charge < -0.3 is 10.8 Å². The monoisotopic (exact) mass is 159 g/mol. The van der Waals surface area contributed by atoms with Crippen molar-refractivity contribution >= 4 is 12.4 Å². The highest BCUT2D eigenvalue weighted by atomic mass is 19.4. The highest BCUT2D eigenvalue weighted by Gasteiger charge is 2.38. The van der Waals surface area contributed by atoms with E-state index in [2.05, 4.69) is 5.73 Å². The lowest BCUT2D eigenvalue weighted by Crippen LogP contribution is -2.21. The summed E-state index contributed by atoms with van der Waals surface area (Å²) in [4.78, 5) is 17.5. The van der Waals surface area contributed by atoms with E-state index in [1.54, 1.807) is 0 Å². The van der Waals surface area contributed by atoms with E-state index in [9.17, 15) is 13.2 Å². The normalized spacial score (nSPS) is 9.10. The van der Waals surface area contributed by atoms with E-state index in [0.717, 1.165) is 0 Å². The minimum atomic E-state index is -5.08. The Morgan fingerprint density at radius 3 is 1.60 bits per heavy atom. The molecule has 0 saturated heterocycles. The van der Waals surface area contributed by atoms with Crippen molar-refractivity contribution in [1.29, 1.82) is 0 Å². The zero-order valence-electron chi connectivity index (χ0n) is 4.55. The third-order valence-electron chi connectivity index (χ3n) is 0.243. The quantitative estimate of drug-likeness (QED) is 0.477. The summed E-state index contributed by atoms with van der Waals surface area (Å²) >= 11 is 0. The summed E-state index contributed by atoms with van der Waals surface area (Å²) < 4.78 is 31.7. The Balaban J connectivity index is 0. The Bertz CT molecular complexity index is 121. The van der Waals surface area contributed by atoms with E-state index < -0.39 is 12.1 Å². The predicted octanol–water partition coefficient (Wildman–Crippen LogP) is -0.265. The number of hydrogen-bond acceptors (Lipinski definition) is 2. The van der Waals surface area contributed by atoms with Gasteiger partial charge in [-0.05, 0) is 0 Å². The number of primary amides is 1. The fourth-order valence-electron chi connectivity index (χ4n) is 0. The van der Waals surface area contributed by atoms with Crippen LogP contribution in [0.2, 0.25) is 0 Å². The summed E-state index contributed by atoms with van der Waals surface area (Å²) in [6.07, 6.45) is -4.83. The van der Waals surface area contributed by atoms with Crippen molar-refractivity contribution < 1.29 is 27.9 Å². The number of rotatable bonds is 0. The fraction of sp³-hybridized carbons (Fsp3) is 0.333. The molecule has 0 saturated carbocycles. The van der Waals surface area contributed by atoms with E-state index in [-0.39, 0.29) is 6.41 Å². The second-order valence-corrected chi connectivity index (χ2v) is 0.939. The van der Waals surface area contributed by atoms with Crippen LogP contribution in [0.25, 0.3) is 0 Å². The Hall–Kier alpha value is -1.27. The van der Waals surface area contributed by atoms with Crippen LogP contribution in [-0.2, 0) is 9.59 Å². The van der Waals surface area contributed by atoms with Crippen molar-refractivity contribution in [2.45, 2.75) is 6.18 Å². The van der Waals surface area contributed by atoms with Crippen LogP contribution in [0.3, 0.4) is 0 Å². The Labute approximate surface area is 53.4 Å². The number of halogens is 3. The van der Waals surface area contributed by atoms with Crippen LogP contribution in [0.1, 0.15) is 0 Å². The van der Waals surface area contributed by atoms with Gasteiger partial charge in [0.05, 0.1) is 0 Å². The Morgan fingerprint density at radius 1 is 1.50 bits per heavy atom. The zero-order chi connectivity index (χ0) is 8.78. The first-order valence-electron chi connectivity index (χ1n) is 1.81. The molecular weight excluding hydrogens is 155 g/mol. The molecule has 0 aliphatic rings. The minimum absolute atomic E-state index is 0.250. The summed E-state index contributed by atoms with van der Waals surface area (Å²) in [5.41, 5.74) is 4.17. The van der Waals surface area contributed by atoms with Gasteiger partial charge in [0.25, 0.3) is 0 Å². The van der Waals surface area contributed by atoms with Crippen LogP contribution < -0.4 is 5.73 Å². The Kier molecular flexibility index (Phi) is 5.29. The fourth-order valence-corrected chi connectivity index (χ4v) is 0. The maximum absolute atomic E-state index is 10.6. The molecule has 0 heterocycles. The molecule has 7 heteroatoms. The predicted molar refractivity (Wildman–Crippen MR) is 23.9 cm³/mol. The number of alkyl halides is 3. The number of nitrogens with two attached hydrogens (primary N) is 1. The van der Waals surface area contributed by atoms with Gasteiger partial charge in [0.1, 0.15) is 0 Å². The standard InChI is InChI=1S/C2HF3O2.CH3NO/c3-2(4,5)1(6)7;2-1-3/h(H,6,7);1H,(H2,2,3). The summed E-state index contributed by atoms with van der Waals surface area (Å²) in [6, 6.07) is 0. The zero-order valence-corrected chi connectivity index (χ0v) is 4.55. The number of amides is 1. The second kappa shape index (κ2) is 4.59. The molecule has 10 heavy (non-hydrogen) atoms. The van der Waals surface area contributed by atoms with Crippen LogP contribution in [0.5, 0.6) is 0 Å². The van der Waals surface area contributed by atoms with Gasteiger partial charge in [-0.3, -0.25) is 4.79 Å². The molecule has 0 atom stereocenters. The molecule has 0 aliphatic carbocycles. The molecule has 4 nitrogen and oxygen atoms in total. The van der Waals surface area contributed by atoms with Crippen molar-refractivity contribution in [3.8, 4) is 0 Å². The smallest absolute Gasteiger partial charge is 0.475 e. The minimum Gasteiger partial charge on any atom is -0.475 e. The first-order valence-corrected chi connectivity index (χ1v) is 1.81. The van der Waals surface area contributed by atoms with E-state index >= 15 is 0 Å². The van der Waals surface area contributed by atoms with Crippen molar-refractivity contribution in [1.82, 2.24) is 0 Å². The van der Waals surface area contributed by atoms with Gasteiger partial charge in [-0.15, -0.1) is 0 Å². The van der Waals surface area contributed by atoms with Crippen LogP contribution in [0.15, 0.2) is 0 Å². The van der Waals surface area contributed by atoms with Gasteiger partial charge in [0.2, 0.25) is 6.41 Å². The van der Waals surface area contributed by atoms with Crippen LogP contribution in [0, 0.1) is 0 Å². The van der Waals surface area contributed by atoms with Crippen molar-refractivity contribution in [2.24, 2.45) is 5.73 Å². The molecule has 0 rings (SSSR count). The number of carboxylic acid groups (broad SMARTS) is 1. The van der Waals surface area contributed by atoms with Gasteiger partial charge >= 0.3 is 12.1 Å². The molecule has 0 aromatic rings. The lowest BCUT2D eigenvalue weighted by molar-refractivity contribution is -0.192. The van der Waals surface area contributed by atoms with Crippen molar-refractivity contribution in [2.75, 3.05) is 0 Å². The van der Waals surface area contributed by atoms with Gasteiger partial charge in [0.15, 0.2) is 0 Å². The van der Waals surface area contributed by atoms with Crippen molar-refractivity contribution in [3.05, 3.63) is 0 Å². The van der Waals surface area contributed by atoms with Gasteiger partial charge in [0, 0.05) is 0 Å². The number of hydrogen-bond donors (Lipinski definition) is 2. The van der Waals surface area contributed by atoms with Gasteiger partial charge in [-0.2, -0.15) is 13.2 Å². The van der Waals surface area contributed by atoms with Crippen molar-refractivity contribution in [3.63, 3.8) is 0 Å². The molecule has 0 radical (unpaired) electrons. The lowest BCUT2D eigenvalue weighted by atomic mass is 10.7. The maximum atomic E-state index is 10.6. The van der Waals surface area contributed by atoms with Crippen LogP contribution >= 0.6 is 0 Å². The summed E-state index contributed by atoms with van der Waals surface area (Å²) in [5, 5.41) is 7.12. The summed E-state index contributed by atoms with van der Waals surface area (Å²) in [6.45, 7) is 0. The molecule has 60 valence electrons. The first-order chi connectivity index (χ1) is 4.36. The highest BCUT2D eigenvalue weighted by Crippen LogP contribution is 2.13. The number of carbonyl (C=O) groups is 2. The SMILES string of the molecule is NC=O.O=C(O)C(F)(F)F. The third-order valence-corrected chi connectivity index (χ3v) is 0.243. The maximum Gasteiger partial charge on any atom is 0.490 e. The third kappa shape index (κ3) is 9.88. The topological polar surface area (TPSA) is 80.4 Å². The molecule has 0 spiro atoms. The molecule has 0 aliphatic heterocycles. The molecule has 3 N–H and O–H groups in total. The average Bonchev–Trinajstić information content (AvgIpc) is 1.64. The lowest BCUT2D eigenvalue weighted by Gasteiger charge is -1.93. The largest absolute Gasteiger partial charge is 0.490 e. The average molecular weight is 159 g/mol. The first kappa shape index (κ1) is 11.5. The number of carboxylic acids is 1. The molecule has 1 amide bonds.